The molecule has 0 aromatic rings. The van der Waals surface area contributed by atoms with Crippen LogP contribution in [0.3, 0.4) is 0 Å². The Morgan fingerprint density at radius 1 is 1.29 bits per heavy atom. The minimum atomic E-state index is -3.07. The monoisotopic (exact) mass is 221 g/mol. The molecule has 82 valence electrons. The molecular formula is C8H16NO4P. The Labute approximate surface area is 83.5 Å². The summed E-state index contributed by atoms with van der Waals surface area (Å²) in [4.78, 5) is 0. The van der Waals surface area contributed by atoms with Crippen molar-refractivity contribution in [1.29, 1.82) is 0 Å². The van der Waals surface area contributed by atoms with Crippen molar-refractivity contribution >= 4 is 7.82 Å². The van der Waals surface area contributed by atoms with Crippen LogP contribution in [0.4, 0.5) is 0 Å². The third kappa shape index (κ3) is 1.64. The summed E-state index contributed by atoms with van der Waals surface area (Å²) in [6.07, 6.45) is 2.88. The normalized spacial score (nSPS) is 41.7. The number of phosphoric ester groups is 1. The maximum Gasteiger partial charge on any atom is 0.488 e. The van der Waals surface area contributed by atoms with Gasteiger partial charge in [0.2, 0.25) is 0 Å². The van der Waals surface area contributed by atoms with Crippen molar-refractivity contribution in [2.24, 2.45) is 11.7 Å². The van der Waals surface area contributed by atoms with Gasteiger partial charge in [-0.15, -0.1) is 0 Å². The van der Waals surface area contributed by atoms with Gasteiger partial charge >= 0.3 is 13.8 Å². The molecule has 3 aliphatic rings. The summed E-state index contributed by atoms with van der Waals surface area (Å²) in [5.41, 5.74) is 5.80. The molecule has 0 aromatic heterocycles. The largest absolute Gasteiger partial charge is 0.488 e. The van der Waals surface area contributed by atoms with Gasteiger partial charge in [0.15, 0.2) is 0 Å². The van der Waals surface area contributed by atoms with E-state index in [9.17, 15) is 4.57 Å². The van der Waals surface area contributed by atoms with Crippen LogP contribution >= 0.6 is 7.82 Å². The second-order valence-corrected chi connectivity index (χ2v) is 5.70. The fraction of sp³-hybridized carbons (Fsp3) is 1.00. The molecule has 0 radical (unpaired) electrons. The lowest BCUT2D eigenvalue weighted by molar-refractivity contribution is -0.436. The topological polar surface area (TPSA) is 70.8 Å². The first kappa shape index (κ1) is 10.6. The lowest BCUT2D eigenvalue weighted by atomic mass is 10.0. The Hall–Kier alpha value is 0.0700. The van der Waals surface area contributed by atoms with Gasteiger partial charge in [0, 0.05) is 0 Å². The molecule has 3 heterocycles. The summed E-state index contributed by atoms with van der Waals surface area (Å²) >= 11 is 0. The molecule has 14 heavy (non-hydrogen) atoms. The Morgan fingerprint density at radius 3 is 2.29 bits per heavy atom. The lowest BCUT2D eigenvalue weighted by Crippen LogP contribution is -2.67. The smallest absolute Gasteiger partial charge is 0.321 e. The molecule has 3 rings (SSSR count). The van der Waals surface area contributed by atoms with E-state index in [1.54, 1.807) is 0 Å². The summed E-state index contributed by atoms with van der Waals surface area (Å²) in [5.74, 6) is -0.497. The maximum absolute atomic E-state index is 10.9. The van der Waals surface area contributed by atoms with Crippen LogP contribution in [0.25, 0.3) is 0 Å². The molecule has 6 heteroatoms. The van der Waals surface area contributed by atoms with E-state index in [1.807, 2.05) is 0 Å². The Kier molecular flexibility index (Phi) is 2.48. The predicted octanol–water partition coefficient (Wildman–Crippen LogP) is 1.98. The van der Waals surface area contributed by atoms with E-state index < -0.39 is 13.8 Å². The standard InChI is InChI=1S/C8H16NO4P/c1-6(2)4-3-5-7(9)8-11-14(10,12-8)13-8/h6-7H,3-5,9H2,1-2H3. The molecular weight excluding hydrogens is 205 g/mol. The van der Waals surface area contributed by atoms with Gasteiger partial charge in [-0.3, -0.25) is 0 Å². The van der Waals surface area contributed by atoms with Crippen molar-refractivity contribution in [2.45, 2.75) is 45.1 Å². The van der Waals surface area contributed by atoms with E-state index in [0.717, 1.165) is 19.3 Å². The third-order valence-corrected chi connectivity index (χ3v) is 3.90. The maximum atomic E-state index is 10.9. The minimum Gasteiger partial charge on any atom is -0.321 e. The van der Waals surface area contributed by atoms with E-state index in [4.69, 9.17) is 19.3 Å². The molecule has 0 aromatic carbocycles. The predicted molar refractivity (Wildman–Crippen MR) is 50.3 cm³/mol. The zero-order valence-corrected chi connectivity index (χ0v) is 9.33. The first-order chi connectivity index (χ1) is 6.46. The van der Waals surface area contributed by atoms with Crippen LogP contribution in [-0.2, 0) is 18.1 Å². The number of rotatable bonds is 5. The number of nitrogens with two attached hydrogens (primary N) is 1. The molecule has 2 bridgehead atoms. The molecule has 0 aliphatic carbocycles. The molecule has 5 nitrogen and oxygen atoms in total. The average molecular weight is 221 g/mol. The van der Waals surface area contributed by atoms with E-state index in [2.05, 4.69) is 13.8 Å². The first-order valence-corrected chi connectivity index (χ1v) is 6.40. The van der Waals surface area contributed by atoms with Crippen LogP contribution in [0.2, 0.25) is 0 Å². The van der Waals surface area contributed by atoms with Crippen molar-refractivity contribution in [3.63, 3.8) is 0 Å². The number of phosphoric acid groups is 1. The highest BCUT2D eigenvalue weighted by Crippen LogP contribution is 2.80. The second kappa shape index (κ2) is 3.29. The van der Waals surface area contributed by atoms with Gasteiger partial charge in [-0.2, -0.15) is 0 Å². The van der Waals surface area contributed by atoms with Gasteiger partial charge < -0.3 is 5.73 Å². The van der Waals surface area contributed by atoms with Crippen molar-refractivity contribution in [2.75, 3.05) is 0 Å². The van der Waals surface area contributed by atoms with Gasteiger partial charge in [0.25, 0.3) is 0 Å². The summed E-state index contributed by atoms with van der Waals surface area (Å²) in [6, 6.07) is -0.336. The second-order valence-electron chi connectivity index (χ2n) is 4.26. The molecule has 0 amide bonds. The zero-order chi connectivity index (χ0) is 10.4. The van der Waals surface area contributed by atoms with Crippen LogP contribution in [0.5, 0.6) is 0 Å². The van der Waals surface area contributed by atoms with E-state index in [0.29, 0.717) is 5.92 Å². The van der Waals surface area contributed by atoms with E-state index in [1.165, 1.54) is 0 Å². The van der Waals surface area contributed by atoms with Crippen LogP contribution < -0.4 is 5.73 Å². The molecule has 0 spiro atoms. The quantitative estimate of drug-likeness (QED) is 0.718. The fourth-order valence-corrected chi connectivity index (χ4v) is 3.00. The molecule has 1 atom stereocenters. The number of hydrogen-bond donors (Lipinski definition) is 1. The molecule has 3 fully saturated rings. The Morgan fingerprint density at radius 2 is 1.86 bits per heavy atom. The number of hydrogen-bond acceptors (Lipinski definition) is 5. The van der Waals surface area contributed by atoms with Crippen LogP contribution in [0.15, 0.2) is 0 Å². The van der Waals surface area contributed by atoms with E-state index >= 15 is 0 Å². The highest BCUT2D eigenvalue weighted by molar-refractivity contribution is 7.51. The van der Waals surface area contributed by atoms with Gasteiger partial charge in [-0.1, -0.05) is 26.7 Å². The molecule has 0 saturated carbocycles. The summed E-state index contributed by atoms with van der Waals surface area (Å²) in [5, 5.41) is 0. The van der Waals surface area contributed by atoms with Crippen molar-refractivity contribution in [3.05, 3.63) is 0 Å². The van der Waals surface area contributed by atoms with Crippen molar-refractivity contribution in [3.8, 4) is 0 Å². The molecule has 2 N–H and O–H groups in total. The molecule has 3 saturated heterocycles. The zero-order valence-electron chi connectivity index (χ0n) is 8.43. The van der Waals surface area contributed by atoms with Crippen molar-refractivity contribution in [1.82, 2.24) is 0 Å². The van der Waals surface area contributed by atoms with Crippen molar-refractivity contribution < 1.29 is 18.1 Å². The van der Waals surface area contributed by atoms with E-state index in [-0.39, 0.29) is 6.04 Å². The van der Waals surface area contributed by atoms with Gasteiger partial charge in [0.05, 0.1) is 6.04 Å². The van der Waals surface area contributed by atoms with Gasteiger partial charge in [-0.05, 0) is 12.3 Å². The SMILES string of the molecule is CC(C)CCCC(N)C12OP(=O)(O1)O2. The summed E-state index contributed by atoms with van der Waals surface area (Å²) in [6.45, 7) is 4.32. The fourth-order valence-electron chi connectivity index (χ4n) is 1.61. The lowest BCUT2D eigenvalue weighted by Gasteiger charge is -2.57. The van der Waals surface area contributed by atoms with Crippen LogP contribution in [-0.4, -0.2) is 12.0 Å². The van der Waals surface area contributed by atoms with Crippen LogP contribution in [0, 0.1) is 5.92 Å². The third-order valence-electron chi connectivity index (χ3n) is 2.47. The highest BCUT2D eigenvalue weighted by Gasteiger charge is 2.77. The Balaban J connectivity index is 1.70. The van der Waals surface area contributed by atoms with Crippen LogP contribution in [0.1, 0.15) is 33.1 Å². The molecule has 1 unspecified atom stereocenters. The summed E-state index contributed by atoms with van der Waals surface area (Å²) < 4.78 is 25.6. The average Bonchev–Trinajstić information content (AvgIpc) is 1.96. The Bertz CT molecular complexity index is 254. The molecule has 3 aliphatic heterocycles. The summed E-state index contributed by atoms with van der Waals surface area (Å²) in [7, 11) is -3.07. The first-order valence-electron chi connectivity index (χ1n) is 4.94. The van der Waals surface area contributed by atoms with Gasteiger partial charge in [0.1, 0.15) is 0 Å². The minimum absolute atomic E-state index is 0.336. The highest BCUT2D eigenvalue weighted by atomic mass is 31.2. The van der Waals surface area contributed by atoms with Gasteiger partial charge in [-0.25, -0.2) is 18.1 Å².